The SMILES string of the molecule is CC1=C(c2ccc(NN=C(C#N)C#N)cc2)NNC(=O)C1. The minimum Gasteiger partial charge on any atom is -0.298 e. The quantitative estimate of drug-likeness (QED) is 0.569. The van der Waals surface area contributed by atoms with Gasteiger partial charge in [0.05, 0.1) is 17.8 Å². The van der Waals surface area contributed by atoms with Crippen LogP contribution in [-0.4, -0.2) is 11.6 Å². The molecule has 0 aliphatic carbocycles. The van der Waals surface area contributed by atoms with E-state index in [-0.39, 0.29) is 11.6 Å². The molecule has 0 aromatic heterocycles. The van der Waals surface area contributed by atoms with Crippen LogP contribution in [0.25, 0.3) is 5.70 Å². The largest absolute Gasteiger partial charge is 0.298 e. The Morgan fingerprint density at radius 1 is 1.24 bits per heavy atom. The lowest BCUT2D eigenvalue weighted by Crippen LogP contribution is -2.40. The minimum absolute atomic E-state index is 0.0654. The van der Waals surface area contributed by atoms with Gasteiger partial charge >= 0.3 is 0 Å². The Kier molecular flexibility index (Phi) is 4.17. The highest BCUT2D eigenvalue weighted by atomic mass is 16.2. The van der Waals surface area contributed by atoms with Crippen molar-refractivity contribution >= 4 is 23.0 Å². The van der Waals surface area contributed by atoms with Crippen molar-refractivity contribution in [3.8, 4) is 12.1 Å². The van der Waals surface area contributed by atoms with E-state index in [1.54, 1.807) is 24.3 Å². The molecule has 1 heterocycles. The van der Waals surface area contributed by atoms with Crippen LogP contribution in [0.1, 0.15) is 18.9 Å². The molecule has 0 fully saturated rings. The smallest absolute Gasteiger partial charge is 0.242 e. The van der Waals surface area contributed by atoms with E-state index < -0.39 is 0 Å². The first kappa shape index (κ1) is 14.1. The molecule has 21 heavy (non-hydrogen) atoms. The van der Waals surface area contributed by atoms with Gasteiger partial charge in [0.25, 0.3) is 0 Å². The summed E-state index contributed by atoms with van der Waals surface area (Å²) in [6.45, 7) is 1.89. The van der Waals surface area contributed by atoms with Crippen molar-refractivity contribution in [2.24, 2.45) is 5.10 Å². The molecule has 0 atom stereocenters. The third-order valence-corrected chi connectivity index (χ3v) is 2.86. The number of hydrogen-bond acceptors (Lipinski definition) is 6. The molecule has 0 unspecified atom stereocenters. The van der Waals surface area contributed by atoms with E-state index in [1.807, 2.05) is 19.1 Å². The highest BCUT2D eigenvalue weighted by Gasteiger charge is 2.15. The first-order valence-electron chi connectivity index (χ1n) is 6.13. The zero-order valence-corrected chi connectivity index (χ0v) is 11.3. The van der Waals surface area contributed by atoms with Crippen molar-refractivity contribution in [2.45, 2.75) is 13.3 Å². The molecule has 104 valence electrons. The molecule has 0 saturated heterocycles. The lowest BCUT2D eigenvalue weighted by atomic mass is 10.0. The fourth-order valence-corrected chi connectivity index (χ4v) is 1.84. The van der Waals surface area contributed by atoms with E-state index >= 15 is 0 Å². The summed E-state index contributed by atoms with van der Waals surface area (Å²) in [5.41, 5.74) is 11.2. The van der Waals surface area contributed by atoms with Gasteiger partial charge in [-0.05, 0) is 30.2 Å². The maximum atomic E-state index is 11.2. The number of hydrogen-bond donors (Lipinski definition) is 3. The van der Waals surface area contributed by atoms with Crippen LogP contribution in [0.3, 0.4) is 0 Å². The van der Waals surface area contributed by atoms with E-state index in [1.165, 1.54) is 0 Å². The molecular formula is C14H12N6O. The average molecular weight is 280 g/mol. The summed E-state index contributed by atoms with van der Waals surface area (Å²) in [6, 6.07) is 10.6. The van der Waals surface area contributed by atoms with Crippen molar-refractivity contribution in [1.29, 1.82) is 10.5 Å². The first-order chi connectivity index (χ1) is 10.1. The Balaban J connectivity index is 2.15. The second-order valence-electron chi connectivity index (χ2n) is 4.38. The van der Waals surface area contributed by atoms with Crippen LogP contribution in [-0.2, 0) is 4.79 Å². The molecule has 1 aliphatic rings. The lowest BCUT2D eigenvalue weighted by Gasteiger charge is -2.20. The van der Waals surface area contributed by atoms with Crippen LogP contribution in [0.4, 0.5) is 5.69 Å². The molecule has 0 radical (unpaired) electrons. The van der Waals surface area contributed by atoms with E-state index in [0.717, 1.165) is 16.8 Å². The first-order valence-corrected chi connectivity index (χ1v) is 6.13. The van der Waals surface area contributed by atoms with Crippen LogP contribution in [0, 0.1) is 22.7 Å². The normalized spacial score (nSPS) is 13.4. The number of nitrogens with zero attached hydrogens (tertiary/aromatic N) is 3. The molecule has 0 bridgehead atoms. The lowest BCUT2D eigenvalue weighted by molar-refractivity contribution is -0.121. The number of benzene rings is 1. The number of nitrogens with one attached hydrogen (secondary N) is 3. The Labute approximate surface area is 121 Å². The predicted molar refractivity (Wildman–Crippen MR) is 77.2 cm³/mol. The number of rotatable bonds is 3. The van der Waals surface area contributed by atoms with Gasteiger partial charge in [0.1, 0.15) is 12.1 Å². The van der Waals surface area contributed by atoms with Gasteiger partial charge in [0, 0.05) is 0 Å². The summed E-state index contributed by atoms with van der Waals surface area (Å²) in [7, 11) is 0. The van der Waals surface area contributed by atoms with Gasteiger partial charge in [-0.15, -0.1) is 0 Å². The maximum absolute atomic E-state index is 11.2. The zero-order valence-electron chi connectivity index (χ0n) is 11.3. The topological polar surface area (TPSA) is 113 Å². The molecular weight excluding hydrogens is 268 g/mol. The van der Waals surface area contributed by atoms with Crippen molar-refractivity contribution in [1.82, 2.24) is 10.9 Å². The summed E-state index contributed by atoms with van der Waals surface area (Å²) in [5.74, 6) is -0.0654. The van der Waals surface area contributed by atoms with Crippen LogP contribution < -0.4 is 16.3 Å². The van der Waals surface area contributed by atoms with Crippen LogP contribution in [0.15, 0.2) is 34.9 Å². The molecule has 7 nitrogen and oxygen atoms in total. The molecule has 1 aromatic carbocycles. The Hall–Kier alpha value is -3.32. The van der Waals surface area contributed by atoms with E-state index in [0.29, 0.717) is 12.1 Å². The Morgan fingerprint density at radius 2 is 1.90 bits per heavy atom. The second-order valence-corrected chi connectivity index (χ2v) is 4.38. The van der Waals surface area contributed by atoms with Gasteiger partial charge in [0.2, 0.25) is 11.6 Å². The number of anilines is 1. The molecule has 2 rings (SSSR count). The van der Waals surface area contributed by atoms with Crippen molar-refractivity contribution < 1.29 is 4.79 Å². The summed E-state index contributed by atoms with van der Waals surface area (Å²) in [5, 5.41) is 20.8. The molecule has 0 saturated carbocycles. The zero-order chi connectivity index (χ0) is 15.2. The van der Waals surface area contributed by atoms with E-state index in [4.69, 9.17) is 10.5 Å². The molecule has 3 N–H and O–H groups in total. The fraction of sp³-hybridized carbons (Fsp3) is 0.143. The van der Waals surface area contributed by atoms with Crippen molar-refractivity contribution in [3.63, 3.8) is 0 Å². The number of nitriles is 2. The summed E-state index contributed by atoms with van der Waals surface area (Å²) >= 11 is 0. The standard InChI is InChI=1S/C14H12N6O/c1-9-6-13(21)19-20-14(9)10-2-4-11(5-3-10)17-18-12(7-15)8-16/h2-5,17,20H,6H2,1H3,(H,19,21). The van der Waals surface area contributed by atoms with Crippen LogP contribution in [0.2, 0.25) is 0 Å². The Bertz CT molecular complexity index is 686. The molecule has 0 spiro atoms. The molecule has 7 heteroatoms. The highest BCUT2D eigenvalue weighted by Crippen LogP contribution is 2.21. The molecule has 1 aromatic rings. The van der Waals surface area contributed by atoms with E-state index in [9.17, 15) is 4.79 Å². The number of amides is 1. The summed E-state index contributed by atoms with van der Waals surface area (Å²) in [4.78, 5) is 11.2. The van der Waals surface area contributed by atoms with E-state index in [2.05, 4.69) is 21.4 Å². The van der Waals surface area contributed by atoms with Crippen molar-refractivity contribution in [2.75, 3.05) is 5.43 Å². The fourth-order valence-electron chi connectivity index (χ4n) is 1.84. The second kappa shape index (κ2) is 6.22. The minimum atomic E-state index is -0.241. The Morgan fingerprint density at radius 3 is 2.48 bits per heavy atom. The number of hydrazine groups is 1. The van der Waals surface area contributed by atoms with Gasteiger partial charge in [-0.2, -0.15) is 15.6 Å². The number of carbonyl (C=O) groups is 1. The summed E-state index contributed by atoms with van der Waals surface area (Å²) in [6.07, 6.45) is 0.361. The van der Waals surface area contributed by atoms with Gasteiger partial charge < -0.3 is 0 Å². The predicted octanol–water partition coefficient (Wildman–Crippen LogP) is 1.26. The van der Waals surface area contributed by atoms with Gasteiger partial charge in [-0.25, -0.2) is 0 Å². The van der Waals surface area contributed by atoms with Crippen LogP contribution >= 0.6 is 0 Å². The monoisotopic (exact) mass is 280 g/mol. The van der Waals surface area contributed by atoms with Gasteiger partial charge in [0.15, 0.2) is 0 Å². The third-order valence-electron chi connectivity index (χ3n) is 2.86. The van der Waals surface area contributed by atoms with Gasteiger partial charge in [-0.3, -0.25) is 21.1 Å². The number of carbonyl (C=O) groups excluding carboxylic acids is 1. The maximum Gasteiger partial charge on any atom is 0.242 e. The summed E-state index contributed by atoms with van der Waals surface area (Å²) < 4.78 is 0. The van der Waals surface area contributed by atoms with Crippen LogP contribution in [0.5, 0.6) is 0 Å². The molecule has 1 aliphatic heterocycles. The van der Waals surface area contributed by atoms with Gasteiger partial charge in [-0.1, -0.05) is 12.1 Å². The molecule has 1 amide bonds. The third kappa shape index (κ3) is 3.37. The average Bonchev–Trinajstić information content (AvgIpc) is 2.49. The van der Waals surface area contributed by atoms with Crippen molar-refractivity contribution in [3.05, 3.63) is 35.4 Å². The highest BCUT2D eigenvalue weighted by molar-refractivity contribution is 6.10. The number of hydrazone groups is 1.